The maximum atomic E-state index is 10.5. The molecule has 0 heterocycles. The summed E-state index contributed by atoms with van der Waals surface area (Å²) in [5.41, 5.74) is 0. The van der Waals surface area contributed by atoms with Gasteiger partial charge in [-0.2, -0.15) is 0 Å². The van der Waals surface area contributed by atoms with Crippen molar-refractivity contribution in [3.05, 3.63) is 0 Å². The Morgan fingerprint density at radius 2 is 2.33 bits per heavy atom. The van der Waals surface area contributed by atoms with Gasteiger partial charge in [-0.1, -0.05) is 0 Å². The summed E-state index contributed by atoms with van der Waals surface area (Å²) in [4.78, 5) is 10.5. The molecule has 9 heavy (non-hydrogen) atoms. The Bertz CT molecular complexity index is 94.2. The molecule has 0 radical (unpaired) electrons. The molecule has 0 aromatic heterocycles. The molecule has 0 rings (SSSR count). The van der Waals surface area contributed by atoms with E-state index in [2.05, 4.69) is 5.32 Å². The molecular formula is C5H11NO3. The minimum Gasteiger partial charge on any atom is -0.393 e. The fourth-order valence-corrected chi connectivity index (χ4v) is 0.375. The number of aliphatic hydroxyl groups is 2. The Morgan fingerprint density at radius 3 is 2.67 bits per heavy atom. The van der Waals surface area contributed by atoms with Crippen molar-refractivity contribution in [1.82, 2.24) is 5.32 Å². The van der Waals surface area contributed by atoms with Crippen molar-refractivity contribution in [2.45, 2.75) is 13.0 Å². The summed E-state index contributed by atoms with van der Waals surface area (Å²) in [5.74, 6) is -0.528. The lowest BCUT2D eigenvalue weighted by molar-refractivity contribution is -0.131. The lowest BCUT2D eigenvalue weighted by Gasteiger charge is -2.04. The monoisotopic (exact) mass is 133 g/mol. The Hall–Kier alpha value is -0.610. The highest BCUT2D eigenvalue weighted by atomic mass is 16.3. The average molecular weight is 133 g/mol. The summed E-state index contributed by atoms with van der Waals surface area (Å²) in [5, 5.41) is 19.2. The van der Waals surface area contributed by atoms with E-state index in [9.17, 15) is 4.79 Å². The van der Waals surface area contributed by atoms with Crippen LogP contribution in [0.1, 0.15) is 6.92 Å². The molecule has 0 saturated heterocycles. The van der Waals surface area contributed by atoms with Gasteiger partial charge in [-0.3, -0.25) is 4.79 Å². The first-order valence-electron chi connectivity index (χ1n) is 2.79. The Kier molecular flexibility index (Phi) is 4.00. The Balaban J connectivity index is 3.46. The normalized spacial score (nSPS) is 12.8. The topological polar surface area (TPSA) is 69.6 Å². The van der Waals surface area contributed by atoms with Crippen molar-refractivity contribution >= 4 is 5.91 Å². The van der Waals surface area contributed by atoms with Crippen LogP contribution in [0.4, 0.5) is 0 Å². The number of aliphatic hydroxyl groups excluding tert-OH is 2. The molecule has 0 aromatic rings. The SMILES string of the molecule is CCNC(=O)[C@H](O)CO. The van der Waals surface area contributed by atoms with Crippen molar-refractivity contribution in [1.29, 1.82) is 0 Å². The molecule has 4 nitrogen and oxygen atoms in total. The van der Waals surface area contributed by atoms with Crippen LogP contribution in [0.3, 0.4) is 0 Å². The van der Waals surface area contributed by atoms with Crippen LogP contribution < -0.4 is 5.32 Å². The molecule has 0 aliphatic heterocycles. The van der Waals surface area contributed by atoms with Crippen molar-refractivity contribution in [3.8, 4) is 0 Å². The Labute approximate surface area is 53.5 Å². The summed E-state index contributed by atoms with van der Waals surface area (Å²) in [7, 11) is 0. The highest BCUT2D eigenvalue weighted by molar-refractivity contribution is 5.80. The van der Waals surface area contributed by atoms with Crippen LogP contribution in [0.5, 0.6) is 0 Å². The molecule has 0 saturated carbocycles. The van der Waals surface area contributed by atoms with E-state index < -0.39 is 18.6 Å². The first kappa shape index (κ1) is 8.39. The van der Waals surface area contributed by atoms with Crippen LogP contribution >= 0.6 is 0 Å². The van der Waals surface area contributed by atoms with E-state index in [0.29, 0.717) is 6.54 Å². The minimum absolute atomic E-state index is 0.468. The number of carbonyl (C=O) groups is 1. The number of amides is 1. The minimum atomic E-state index is -1.27. The second kappa shape index (κ2) is 4.29. The zero-order valence-electron chi connectivity index (χ0n) is 5.29. The molecular weight excluding hydrogens is 122 g/mol. The standard InChI is InChI=1S/C5H11NO3/c1-2-6-5(9)4(8)3-7/h4,7-8H,2-3H2,1H3,(H,6,9)/t4-/m1/s1. The predicted octanol–water partition coefficient (Wildman–Crippen LogP) is -1.52. The number of carbonyl (C=O) groups excluding carboxylic acids is 1. The van der Waals surface area contributed by atoms with Gasteiger partial charge < -0.3 is 15.5 Å². The Morgan fingerprint density at radius 1 is 1.78 bits per heavy atom. The van der Waals surface area contributed by atoms with Crippen LogP contribution in [0.2, 0.25) is 0 Å². The van der Waals surface area contributed by atoms with Gasteiger partial charge in [-0.05, 0) is 6.92 Å². The largest absolute Gasteiger partial charge is 0.393 e. The van der Waals surface area contributed by atoms with Crippen LogP contribution in [-0.2, 0) is 4.79 Å². The van der Waals surface area contributed by atoms with Gasteiger partial charge in [0.25, 0.3) is 5.91 Å². The van der Waals surface area contributed by atoms with Gasteiger partial charge >= 0.3 is 0 Å². The number of nitrogens with one attached hydrogen (secondary N) is 1. The van der Waals surface area contributed by atoms with E-state index in [4.69, 9.17) is 10.2 Å². The average Bonchev–Trinajstić information content (AvgIpc) is 1.87. The quantitative estimate of drug-likeness (QED) is 0.437. The second-order valence-electron chi connectivity index (χ2n) is 1.59. The molecule has 0 unspecified atom stereocenters. The van der Waals surface area contributed by atoms with E-state index >= 15 is 0 Å². The molecule has 0 fully saturated rings. The highest BCUT2D eigenvalue weighted by Crippen LogP contribution is 1.78. The molecule has 0 bridgehead atoms. The molecule has 0 spiro atoms. The van der Waals surface area contributed by atoms with E-state index in [-0.39, 0.29) is 0 Å². The summed E-state index contributed by atoms with van der Waals surface area (Å²) < 4.78 is 0. The zero-order chi connectivity index (χ0) is 7.28. The van der Waals surface area contributed by atoms with Crippen LogP contribution in [0, 0.1) is 0 Å². The van der Waals surface area contributed by atoms with Gasteiger partial charge in [0.1, 0.15) is 0 Å². The van der Waals surface area contributed by atoms with Crippen molar-refractivity contribution < 1.29 is 15.0 Å². The van der Waals surface area contributed by atoms with E-state index in [1.807, 2.05) is 0 Å². The van der Waals surface area contributed by atoms with Gasteiger partial charge in [-0.15, -0.1) is 0 Å². The molecule has 3 N–H and O–H groups in total. The molecule has 0 aliphatic rings. The molecule has 1 amide bonds. The van der Waals surface area contributed by atoms with Gasteiger partial charge in [0.05, 0.1) is 6.61 Å². The third kappa shape index (κ3) is 3.05. The molecule has 4 heteroatoms. The molecule has 0 aromatic carbocycles. The van der Waals surface area contributed by atoms with Crippen molar-refractivity contribution in [2.24, 2.45) is 0 Å². The van der Waals surface area contributed by atoms with Gasteiger partial charge in [0.2, 0.25) is 0 Å². The smallest absolute Gasteiger partial charge is 0.251 e. The van der Waals surface area contributed by atoms with E-state index in [1.54, 1.807) is 6.92 Å². The van der Waals surface area contributed by atoms with Gasteiger partial charge in [0, 0.05) is 6.54 Å². The highest BCUT2D eigenvalue weighted by Gasteiger charge is 2.10. The lowest BCUT2D eigenvalue weighted by atomic mass is 10.3. The summed E-state index contributed by atoms with van der Waals surface area (Å²) >= 11 is 0. The summed E-state index contributed by atoms with van der Waals surface area (Å²) in [6.07, 6.45) is -1.27. The van der Waals surface area contributed by atoms with Crippen molar-refractivity contribution in [3.63, 3.8) is 0 Å². The zero-order valence-corrected chi connectivity index (χ0v) is 5.29. The fraction of sp³-hybridized carbons (Fsp3) is 0.800. The van der Waals surface area contributed by atoms with E-state index in [1.165, 1.54) is 0 Å². The number of rotatable bonds is 3. The van der Waals surface area contributed by atoms with Crippen LogP contribution in [-0.4, -0.2) is 35.4 Å². The summed E-state index contributed by atoms with van der Waals surface area (Å²) in [6.45, 7) is 1.68. The fourth-order valence-electron chi connectivity index (χ4n) is 0.375. The third-order valence-electron chi connectivity index (χ3n) is 0.827. The maximum absolute atomic E-state index is 10.5. The first-order chi connectivity index (χ1) is 4.22. The second-order valence-corrected chi connectivity index (χ2v) is 1.59. The van der Waals surface area contributed by atoms with Crippen LogP contribution in [0.25, 0.3) is 0 Å². The number of likely N-dealkylation sites (N-methyl/N-ethyl adjacent to an activating group) is 1. The maximum Gasteiger partial charge on any atom is 0.251 e. The van der Waals surface area contributed by atoms with Crippen molar-refractivity contribution in [2.75, 3.05) is 13.2 Å². The predicted molar refractivity (Wildman–Crippen MR) is 31.8 cm³/mol. The number of hydrogen-bond donors (Lipinski definition) is 3. The molecule has 1 atom stereocenters. The lowest BCUT2D eigenvalue weighted by Crippen LogP contribution is -2.36. The first-order valence-corrected chi connectivity index (χ1v) is 2.79. The van der Waals surface area contributed by atoms with E-state index in [0.717, 1.165) is 0 Å². The number of hydrogen-bond acceptors (Lipinski definition) is 3. The van der Waals surface area contributed by atoms with Gasteiger partial charge in [0.15, 0.2) is 6.10 Å². The molecule has 54 valence electrons. The van der Waals surface area contributed by atoms with Gasteiger partial charge in [-0.25, -0.2) is 0 Å². The molecule has 0 aliphatic carbocycles. The third-order valence-corrected chi connectivity index (χ3v) is 0.827. The van der Waals surface area contributed by atoms with Crippen LogP contribution in [0.15, 0.2) is 0 Å². The summed E-state index contributed by atoms with van der Waals surface area (Å²) in [6, 6.07) is 0.